The second kappa shape index (κ2) is 7.49. The highest BCUT2D eigenvalue weighted by Gasteiger charge is 2.14. The van der Waals surface area contributed by atoms with Crippen molar-refractivity contribution in [2.75, 3.05) is 34.2 Å². The van der Waals surface area contributed by atoms with Crippen molar-refractivity contribution < 1.29 is 4.79 Å². The van der Waals surface area contributed by atoms with Crippen molar-refractivity contribution in [1.29, 1.82) is 0 Å². The number of carbonyl (C=O) groups is 1. The highest BCUT2D eigenvalue weighted by atomic mass is 16.1. The fraction of sp³-hybridized carbons (Fsp3) is 0.500. The number of hydrogen-bond acceptors (Lipinski definition) is 5. The van der Waals surface area contributed by atoms with Crippen LogP contribution in [-0.2, 0) is 17.8 Å². The second-order valence-electron chi connectivity index (χ2n) is 6.08. The van der Waals surface area contributed by atoms with Gasteiger partial charge in [-0.15, -0.1) is 0 Å². The fourth-order valence-corrected chi connectivity index (χ4v) is 2.52. The van der Waals surface area contributed by atoms with Gasteiger partial charge in [-0.3, -0.25) is 5.10 Å². The largest absolute Gasteiger partial charge is 0.321 e. The standard InChI is InChI=1S/C16H25N5O/c1-20(2)6-7-21(3)10-15-12(8-13(17)11-22)4-5-16-14(15)9-18-19-16/h4-5,9,11,13H,6-8,10,17H2,1-3H3,(H,18,19)/t13-/m1/s1. The number of aromatic amines is 1. The molecule has 1 aromatic heterocycles. The normalized spacial score (nSPS) is 13.2. The molecular weight excluding hydrogens is 278 g/mol. The van der Waals surface area contributed by atoms with Crippen molar-refractivity contribution in [2.24, 2.45) is 5.73 Å². The summed E-state index contributed by atoms with van der Waals surface area (Å²) in [6.07, 6.45) is 3.21. The summed E-state index contributed by atoms with van der Waals surface area (Å²) in [5.74, 6) is 0. The van der Waals surface area contributed by atoms with Crippen LogP contribution in [0.1, 0.15) is 11.1 Å². The SMILES string of the molecule is CN(C)CCN(C)Cc1c(C[C@@H](N)C=O)ccc2[nH]ncc12. The maximum absolute atomic E-state index is 10.9. The summed E-state index contributed by atoms with van der Waals surface area (Å²) in [5, 5.41) is 8.24. The van der Waals surface area contributed by atoms with E-state index in [0.717, 1.165) is 42.4 Å². The van der Waals surface area contributed by atoms with E-state index in [-0.39, 0.29) is 0 Å². The lowest BCUT2D eigenvalue weighted by molar-refractivity contribution is -0.108. The van der Waals surface area contributed by atoms with Crippen molar-refractivity contribution in [3.63, 3.8) is 0 Å². The fourth-order valence-electron chi connectivity index (χ4n) is 2.52. The Hall–Kier alpha value is -1.76. The third kappa shape index (κ3) is 4.13. The van der Waals surface area contributed by atoms with Crippen LogP contribution in [-0.4, -0.2) is 66.6 Å². The molecule has 0 spiro atoms. The van der Waals surface area contributed by atoms with E-state index in [1.54, 1.807) is 0 Å². The Morgan fingerprint density at radius 3 is 2.77 bits per heavy atom. The zero-order chi connectivity index (χ0) is 16.1. The summed E-state index contributed by atoms with van der Waals surface area (Å²) < 4.78 is 0. The van der Waals surface area contributed by atoms with Gasteiger partial charge >= 0.3 is 0 Å². The van der Waals surface area contributed by atoms with E-state index in [1.807, 2.05) is 18.3 Å². The lowest BCUT2D eigenvalue weighted by atomic mass is 9.97. The molecule has 1 atom stereocenters. The molecule has 0 unspecified atom stereocenters. The molecule has 0 aliphatic heterocycles. The van der Waals surface area contributed by atoms with Crippen molar-refractivity contribution in [1.82, 2.24) is 20.0 Å². The summed E-state index contributed by atoms with van der Waals surface area (Å²) in [4.78, 5) is 15.3. The topological polar surface area (TPSA) is 78.2 Å². The Kier molecular flexibility index (Phi) is 5.65. The number of aldehydes is 1. The van der Waals surface area contributed by atoms with Crippen molar-refractivity contribution in [3.05, 3.63) is 29.5 Å². The lowest BCUT2D eigenvalue weighted by Gasteiger charge is -2.21. The molecule has 2 aromatic rings. The zero-order valence-corrected chi connectivity index (χ0v) is 13.5. The molecule has 6 heteroatoms. The van der Waals surface area contributed by atoms with E-state index in [1.165, 1.54) is 5.56 Å². The number of carbonyl (C=O) groups excluding carboxylic acids is 1. The minimum Gasteiger partial charge on any atom is -0.321 e. The molecule has 1 aromatic carbocycles. The number of nitrogens with one attached hydrogen (secondary N) is 1. The minimum atomic E-state index is -0.463. The molecule has 3 N–H and O–H groups in total. The van der Waals surface area contributed by atoms with Gasteiger partial charge < -0.3 is 20.3 Å². The van der Waals surface area contributed by atoms with Gasteiger partial charge in [0.2, 0.25) is 0 Å². The summed E-state index contributed by atoms with van der Waals surface area (Å²) in [7, 11) is 6.24. The lowest BCUT2D eigenvalue weighted by Crippen LogP contribution is -2.29. The summed E-state index contributed by atoms with van der Waals surface area (Å²) >= 11 is 0. The van der Waals surface area contributed by atoms with Crippen LogP contribution in [0.3, 0.4) is 0 Å². The number of nitrogens with zero attached hydrogens (tertiary/aromatic N) is 3. The molecule has 0 radical (unpaired) electrons. The zero-order valence-electron chi connectivity index (χ0n) is 13.5. The number of hydrogen-bond donors (Lipinski definition) is 2. The Morgan fingerprint density at radius 2 is 2.09 bits per heavy atom. The van der Waals surface area contributed by atoms with Gasteiger partial charge in [0.25, 0.3) is 0 Å². The van der Waals surface area contributed by atoms with Gasteiger partial charge in [-0.1, -0.05) is 6.07 Å². The summed E-state index contributed by atoms with van der Waals surface area (Å²) in [6, 6.07) is 3.58. The Morgan fingerprint density at radius 1 is 1.32 bits per heavy atom. The van der Waals surface area contributed by atoms with Crippen LogP contribution in [0.4, 0.5) is 0 Å². The molecule has 0 amide bonds. The maximum Gasteiger partial charge on any atom is 0.137 e. The molecule has 1 heterocycles. The molecule has 22 heavy (non-hydrogen) atoms. The van der Waals surface area contributed by atoms with E-state index in [2.05, 4.69) is 41.1 Å². The highest BCUT2D eigenvalue weighted by molar-refractivity contribution is 5.83. The highest BCUT2D eigenvalue weighted by Crippen LogP contribution is 2.23. The van der Waals surface area contributed by atoms with Crippen molar-refractivity contribution >= 4 is 17.2 Å². The molecule has 0 saturated heterocycles. The third-order valence-corrected chi connectivity index (χ3v) is 3.82. The van der Waals surface area contributed by atoms with Crippen LogP contribution in [0, 0.1) is 0 Å². The number of aromatic nitrogens is 2. The van der Waals surface area contributed by atoms with E-state index >= 15 is 0 Å². The predicted molar refractivity (Wildman–Crippen MR) is 88.7 cm³/mol. The van der Waals surface area contributed by atoms with Crippen molar-refractivity contribution in [3.8, 4) is 0 Å². The van der Waals surface area contributed by atoms with Gasteiger partial charge in [-0.05, 0) is 44.8 Å². The minimum absolute atomic E-state index is 0.463. The maximum atomic E-state index is 10.9. The second-order valence-corrected chi connectivity index (χ2v) is 6.08. The molecule has 0 aliphatic rings. The number of rotatable bonds is 8. The first-order chi connectivity index (χ1) is 10.5. The van der Waals surface area contributed by atoms with Crippen LogP contribution in [0.2, 0.25) is 0 Å². The first-order valence-electron chi connectivity index (χ1n) is 7.49. The molecular formula is C16H25N5O. The first-order valence-corrected chi connectivity index (χ1v) is 7.49. The van der Waals surface area contributed by atoms with Gasteiger partial charge in [0.1, 0.15) is 6.29 Å². The number of H-pyrrole nitrogens is 1. The van der Waals surface area contributed by atoms with Crippen LogP contribution >= 0.6 is 0 Å². The molecule has 120 valence electrons. The average molecular weight is 303 g/mol. The summed E-state index contributed by atoms with van der Waals surface area (Å²) in [6.45, 7) is 2.78. The predicted octanol–water partition coefficient (Wildman–Crippen LogP) is 0.625. The molecule has 6 nitrogen and oxygen atoms in total. The smallest absolute Gasteiger partial charge is 0.137 e. The Bertz CT molecular complexity index is 622. The number of benzene rings is 1. The summed E-state index contributed by atoms with van der Waals surface area (Å²) in [5.41, 5.74) is 9.14. The van der Waals surface area contributed by atoms with Crippen LogP contribution < -0.4 is 5.73 Å². The molecule has 0 aliphatic carbocycles. The van der Waals surface area contributed by atoms with Gasteiger partial charge in [0.05, 0.1) is 17.8 Å². The number of fused-ring (bicyclic) bond motifs is 1. The van der Waals surface area contributed by atoms with E-state index < -0.39 is 6.04 Å². The monoisotopic (exact) mass is 303 g/mol. The quantitative estimate of drug-likeness (QED) is 0.699. The van der Waals surface area contributed by atoms with Crippen LogP contribution in [0.5, 0.6) is 0 Å². The van der Waals surface area contributed by atoms with Crippen molar-refractivity contribution in [2.45, 2.75) is 19.0 Å². The Balaban J connectivity index is 2.25. The molecule has 0 saturated carbocycles. The van der Waals surface area contributed by atoms with E-state index in [9.17, 15) is 4.79 Å². The Labute approximate surface area is 131 Å². The van der Waals surface area contributed by atoms with Gasteiger partial charge in [-0.25, -0.2) is 0 Å². The molecule has 2 rings (SSSR count). The molecule has 0 bridgehead atoms. The molecule has 0 fully saturated rings. The van der Waals surface area contributed by atoms with Gasteiger partial charge in [0, 0.05) is 25.0 Å². The van der Waals surface area contributed by atoms with Crippen LogP contribution in [0.15, 0.2) is 18.3 Å². The first kappa shape index (κ1) is 16.6. The van der Waals surface area contributed by atoms with E-state index in [4.69, 9.17) is 5.73 Å². The van der Waals surface area contributed by atoms with E-state index in [0.29, 0.717) is 6.42 Å². The third-order valence-electron chi connectivity index (χ3n) is 3.82. The van der Waals surface area contributed by atoms with Gasteiger partial charge in [-0.2, -0.15) is 5.10 Å². The van der Waals surface area contributed by atoms with Crippen LogP contribution in [0.25, 0.3) is 10.9 Å². The van der Waals surface area contributed by atoms with Gasteiger partial charge in [0.15, 0.2) is 0 Å². The number of likely N-dealkylation sites (N-methyl/N-ethyl adjacent to an activating group) is 2. The number of nitrogens with two attached hydrogens (primary N) is 1. The average Bonchev–Trinajstić information content (AvgIpc) is 2.96.